The fourth-order valence-corrected chi connectivity index (χ4v) is 1.47. The molecule has 2 nitrogen and oxygen atoms in total. The Balaban J connectivity index is 2.19. The lowest BCUT2D eigenvalue weighted by atomic mass is 10.3. The Kier molecular flexibility index (Phi) is 2.44. The van der Waals surface area contributed by atoms with Crippen molar-refractivity contribution in [1.29, 1.82) is 0 Å². The average Bonchev–Trinajstić information content (AvgIpc) is 2.93. The van der Waals surface area contributed by atoms with Gasteiger partial charge in [-0.2, -0.15) is 0 Å². The van der Waals surface area contributed by atoms with Crippen molar-refractivity contribution in [2.75, 3.05) is 6.26 Å². The summed E-state index contributed by atoms with van der Waals surface area (Å²) in [4.78, 5) is 4.27. The molecule has 1 heterocycles. The maximum absolute atomic E-state index is 5.75. The third-order valence-corrected chi connectivity index (χ3v) is 2.70. The van der Waals surface area contributed by atoms with Crippen molar-refractivity contribution < 1.29 is 4.74 Å². The van der Waals surface area contributed by atoms with Gasteiger partial charge in [0.1, 0.15) is 5.75 Å². The summed E-state index contributed by atoms with van der Waals surface area (Å²) in [5.74, 6) is 1.00. The molecule has 0 bridgehead atoms. The van der Waals surface area contributed by atoms with E-state index >= 15 is 0 Å². The van der Waals surface area contributed by atoms with Gasteiger partial charge < -0.3 is 4.74 Å². The van der Waals surface area contributed by atoms with Gasteiger partial charge in [0.05, 0.1) is 11.1 Å². The van der Waals surface area contributed by atoms with E-state index in [1.165, 1.54) is 12.8 Å². The first-order chi connectivity index (χ1) is 6.29. The molecule has 70 valence electrons. The summed E-state index contributed by atoms with van der Waals surface area (Å²) in [6.07, 6.45) is 6.78. The smallest absolute Gasteiger partial charge is 0.126 e. The van der Waals surface area contributed by atoms with Gasteiger partial charge in [0.2, 0.25) is 0 Å². The van der Waals surface area contributed by atoms with Crippen molar-refractivity contribution in [2.24, 2.45) is 0 Å². The van der Waals surface area contributed by atoms with E-state index in [0.29, 0.717) is 6.10 Å². The average molecular weight is 195 g/mol. The molecule has 1 saturated carbocycles. The van der Waals surface area contributed by atoms with Crippen LogP contribution in [0.2, 0.25) is 0 Å². The van der Waals surface area contributed by atoms with E-state index in [2.05, 4.69) is 4.98 Å². The van der Waals surface area contributed by atoms with Crippen molar-refractivity contribution in [1.82, 2.24) is 4.98 Å². The van der Waals surface area contributed by atoms with Gasteiger partial charge in [-0.1, -0.05) is 0 Å². The van der Waals surface area contributed by atoms with Gasteiger partial charge in [-0.25, -0.2) is 4.98 Å². The Labute approximate surface area is 82.7 Å². The highest BCUT2D eigenvalue weighted by molar-refractivity contribution is 7.98. The van der Waals surface area contributed by atoms with E-state index < -0.39 is 0 Å². The predicted octanol–water partition coefficient (Wildman–Crippen LogP) is 2.65. The summed E-state index contributed by atoms with van der Waals surface area (Å²) in [6.45, 7) is 2.04. The third-order valence-electron chi connectivity index (χ3n) is 2.06. The molecule has 3 heteroatoms. The van der Waals surface area contributed by atoms with Gasteiger partial charge in [0.15, 0.2) is 0 Å². The highest BCUT2D eigenvalue weighted by atomic mass is 32.2. The SMILES string of the molecule is CSc1cc(OC2CC2)c(C)cn1. The molecule has 0 unspecified atom stereocenters. The topological polar surface area (TPSA) is 22.1 Å². The molecular formula is C10H13NOS. The zero-order valence-electron chi connectivity index (χ0n) is 7.91. The first kappa shape index (κ1) is 8.88. The van der Waals surface area contributed by atoms with Crippen LogP contribution in [-0.4, -0.2) is 17.3 Å². The summed E-state index contributed by atoms with van der Waals surface area (Å²) in [7, 11) is 0. The predicted molar refractivity (Wildman–Crippen MR) is 54.4 cm³/mol. The maximum atomic E-state index is 5.75. The number of hydrogen-bond acceptors (Lipinski definition) is 3. The van der Waals surface area contributed by atoms with Crippen molar-refractivity contribution in [2.45, 2.75) is 30.9 Å². The Morgan fingerprint density at radius 2 is 2.31 bits per heavy atom. The second-order valence-corrected chi connectivity index (χ2v) is 4.14. The molecule has 0 radical (unpaired) electrons. The largest absolute Gasteiger partial charge is 0.490 e. The normalized spacial score (nSPS) is 15.8. The van der Waals surface area contributed by atoms with Crippen molar-refractivity contribution >= 4 is 11.8 Å². The summed E-state index contributed by atoms with van der Waals surface area (Å²) in [5, 5.41) is 1.03. The van der Waals surface area contributed by atoms with Crippen LogP contribution in [0.15, 0.2) is 17.3 Å². The molecule has 1 aromatic heterocycles. The quantitative estimate of drug-likeness (QED) is 0.692. The maximum Gasteiger partial charge on any atom is 0.126 e. The molecule has 0 saturated heterocycles. The molecule has 1 aliphatic rings. The van der Waals surface area contributed by atoms with Gasteiger partial charge in [0.25, 0.3) is 0 Å². The Bertz CT molecular complexity index is 310. The van der Waals surface area contributed by atoms with Gasteiger partial charge in [-0.05, 0) is 26.0 Å². The first-order valence-corrected chi connectivity index (χ1v) is 5.69. The lowest BCUT2D eigenvalue weighted by Gasteiger charge is -2.08. The lowest BCUT2D eigenvalue weighted by Crippen LogP contribution is -1.98. The standard InChI is InChI=1S/C10H13NOS/c1-7-6-11-10(13-2)5-9(7)12-8-3-4-8/h5-6,8H,3-4H2,1-2H3. The van der Waals surface area contributed by atoms with Crippen molar-refractivity contribution in [3.05, 3.63) is 17.8 Å². The van der Waals surface area contributed by atoms with Crippen molar-refractivity contribution in [3.8, 4) is 5.75 Å². The van der Waals surface area contributed by atoms with Gasteiger partial charge >= 0.3 is 0 Å². The Morgan fingerprint density at radius 3 is 2.92 bits per heavy atom. The number of pyridine rings is 1. The van der Waals surface area contributed by atoms with Crippen LogP contribution < -0.4 is 4.74 Å². The second kappa shape index (κ2) is 3.58. The summed E-state index contributed by atoms with van der Waals surface area (Å²) < 4.78 is 5.75. The molecule has 13 heavy (non-hydrogen) atoms. The number of ether oxygens (including phenoxy) is 1. The lowest BCUT2D eigenvalue weighted by molar-refractivity contribution is 0.300. The fraction of sp³-hybridized carbons (Fsp3) is 0.500. The molecule has 0 amide bonds. The number of nitrogens with zero attached hydrogens (tertiary/aromatic N) is 1. The first-order valence-electron chi connectivity index (χ1n) is 4.47. The van der Waals surface area contributed by atoms with Crippen LogP contribution in [0.3, 0.4) is 0 Å². The highest BCUT2D eigenvalue weighted by Crippen LogP contribution is 2.30. The van der Waals surface area contributed by atoms with E-state index in [4.69, 9.17) is 4.74 Å². The minimum absolute atomic E-state index is 0.468. The molecule has 0 spiro atoms. The number of aromatic nitrogens is 1. The summed E-state index contributed by atoms with van der Waals surface area (Å²) in [5.41, 5.74) is 1.13. The summed E-state index contributed by atoms with van der Waals surface area (Å²) in [6, 6.07) is 2.03. The molecule has 2 rings (SSSR count). The second-order valence-electron chi connectivity index (χ2n) is 3.31. The number of hydrogen-bond donors (Lipinski definition) is 0. The minimum Gasteiger partial charge on any atom is -0.490 e. The minimum atomic E-state index is 0.468. The van der Waals surface area contributed by atoms with Crippen LogP contribution in [0, 0.1) is 6.92 Å². The van der Waals surface area contributed by atoms with Crippen LogP contribution in [0.25, 0.3) is 0 Å². The van der Waals surface area contributed by atoms with Crippen LogP contribution in [0.5, 0.6) is 5.75 Å². The van der Waals surface area contributed by atoms with E-state index in [1.54, 1.807) is 11.8 Å². The van der Waals surface area contributed by atoms with Crippen molar-refractivity contribution in [3.63, 3.8) is 0 Å². The van der Waals surface area contributed by atoms with E-state index in [1.807, 2.05) is 25.4 Å². The molecule has 0 aromatic carbocycles. The van der Waals surface area contributed by atoms with E-state index in [0.717, 1.165) is 16.3 Å². The molecule has 1 aliphatic carbocycles. The van der Waals surface area contributed by atoms with Gasteiger partial charge in [-0.3, -0.25) is 0 Å². The molecule has 0 N–H and O–H groups in total. The van der Waals surface area contributed by atoms with Crippen LogP contribution in [0.1, 0.15) is 18.4 Å². The van der Waals surface area contributed by atoms with E-state index in [9.17, 15) is 0 Å². The van der Waals surface area contributed by atoms with Gasteiger partial charge in [-0.15, -0.1) is 11.8 Å². The number of aryl methyl sites for hydroxylation is 1. The summed E-state index contributed by atoms with van der Waals surface area (Å²) >= 11 is 1.65. The molecular weight excluding hydrogens is 182 g/mol. The van der Waals surface area contributed by atoms with Crippen LogP contribution in [-0.2, 0) is 0 Å². The number of thioether (sulfide) groups is 1. The fourth-order valence-electron chi connectivity index (χ4n) is 1.09. The Morgan fingerprint density at radius 1 is 1.54 bits per heavy atom. The highest BCUT2D eigenvalue weighted by Gasteiger charge is 2.24. The number of rotatable bonds is 3. The molecule has 1 aromatic rings. The van der Waals surface area contributed by atoms with Gasteiger partial charge in [0, 0.05) is 17.8 Å². The zero-order chi connectivity index (χ0) is 9.26. The van der Waals surface area contributed by atoms with Crippen LogP contribution >= 0.6 is 11.8 Å². The molecule has 1 fully saturated rings. The van der Waals surface area contributed by atoms with E-state index in [-0.39, 0.29) is 0 Å². The Hall–Kier alpha value is -0.700. The van der Waals surface area contributed by atoms with Crippen LogP contribution in [0.4, 0.5) is 0 Å². The molecule has 0 atom stereocenters. The molecule has 0 aliphatic heterocycles. The zero-order valence-corrected chi connectivity index (χ0v) is 8.73. The third kappa shape index (κ3) is 2.15. The monoisotopic (exact) mass is 195 g/mol.